The van der Waals surface area contributed by atoms with E-state index < -0.39 is 18.3 Å². The Morgan fingerprint density at radius 2 is 1.42 bits per heavy atom. The van der Waals surface area contributed by atoms with E-state index in [0.29, 0.717) is 0 Å². The molecule has 0 aliphatic carbocycles. The van der Waals surface area contributed by atoms with Crippen molar-refractivity contribution in [3.63, 3.8) is 0 Å². The molecular formula is C15H18O4. The second-order valence-corrected chi connectivity index (χ2v) is 4.46. The van der Waals surface area contributed by atoms with Crippen LogP contribution in [0.3, 0.4) is 0 Å². The van der Waals surface area contributed by atoms with Crippen molar-refractivity contribution in [2.45, 2.75) is 18.3 Å². The molecule has 3 rings (SSSR count). The van der Waals surface area contributed by atoms with Gasteiger partial charge in [0.25, 0.3) is 0 Å². The molecule has 0 radical (unpaired) electrons. The minimum atomic E-state index is -0.921. The first kappa shape index (κ1) is 14.0. The molecule has 4 heteroatoms. The number of fused-ring (bicyclic) bond motifs is 1. The molecule has 0 spiro atoms. The highest BCUT2D eigenvalue weighted by atomic mass is 16.5. The maximum atomic E-state index is 8.92. The van der Waals surface area contributed by atoms with Gasteiger partial charge in [0.15, 0.2) is 0 Å². The first-order valence-corrected chi connectivity index (χ1v) is 6.24. The highest BCUT2D eigenvalue weighted by Gasteiger charge is 2.33. The van der Waals surface area contributed by atoms with Crippen LogP contribution in [0.1, 0.15) is 0 Å². The zero-order chi connectivity index (χ0) is 13.7. The lowest BCUT2D eigenvalue weighted by molar-refractivity contribution is -0.00588. The molecule has 0 unspecified atom stereocenters. The van der Waals surface area contributed by atoms with Crippen LogP contribution in [-0.2, 0) is 4.74 Å². The monoisotopic (exact) mass is 262 g/mol. The third-order valence-corrected chi connectivity index (χ3v) is 3.09. The molecule has 1 aliphatic heterocycles. The molecule has 3 atom stereocenters. The molecule has 0 saturated carbocycles. The van der Waals surface area contributed by atoms with Gasteiger partial charge in [-0.05, 0) is 10.8 Å². The summed E-state index contributed by atoms with van der Waals surface area (Å²) in [5.74, 6) is 0. The van der Waals surface area contributed by atoms with E-state index in [1.54, 1.807) is 0 Å². The van der Waals surface area contributed by atoms with E-state index >= 15 is 0 Å². The Hall–Kier alpha value is -1.46. The third kappa shape index (κ3) is 3.52. The third-order valence-electron chi connectivity index (χ3n) is 3.09. The van der Waals surface area contributed by atoms with Crippen LogP contribution in [0.5, 0.6) is 0 Å². The molecule has 102 valence electrons. The number of aliphatic hydroxyl groups is 3. The summed E-state index contributed by atoms with van der Waals surface area (Å²) in [5.41, 5.74) is 0. The topological polar surface area (TPSA) is 69.9 Å². The van der Waals surface area contributed by atoms with Gasteiger partial charge in [0.1, 0.15) is 18.3 Å². The van der Waals surface area contributed by atoms with Gasteiger partial charge in [0.2, 0.25) is 0 Å². The molecule has 2 aromatic carbocycles. The van der Waals surface area contributed by atoms with Crippen molar-refractivity contribution >= 4 is 10.8 Å². The first-order valence-electron chi connectivity index (χ1n) is 6.24. The molecule has 1 saturated heterocycles. The van der Waals surface area contributed by atoms with Crippen LogP contribution in [0.4, 0.5) is 0 Å². The smallest absolute Gasteiger partial charge is 0.110 e. The fourth-order valence-electron chi connectivity index (χ4n) is 1.96. The first-order chi connectivity index (χ1) is 9.22. The van der Waals surface area contributed by atoms with Crippen LogP contribution in [0.15, 0.2) is 48.5 Å². The van der Waals surface area contributed by atoms with Crippen molar-refractivity contribution in [3.8, 4) is 0 Å². The van der Waals surface area contributed by atoms with Crippen LogP contribution in [-0.4, -0.2) is 46.8 Å². The Kier molecular flexibility index (Phi) is 4.87. The average molecular weight is 262 g/mol. The second kappa shape index (κ2) is 6.63. The molecule has 4 nitrogen and oxygen atoms in total. The Morgan fingerprint density at radius 3 is 1.68 bits per heavy atom. The van der Waals surface area contributed by atoms with Gasteiger partial charge in [-0.25, -0.2) is 0 Å². The molecular weight excluding hydrogens is 244 g/mol. The summed E-state index contributed by atoms with van der Waals surface area (Å²) in [4.78, 5) is 0. The van der Waals surface area contributed by atoms with Gasteiger partial charge in [0, 0.05) is 0 Å². The molecule has 1 fully saturated rings. The number of aliphatic hydroxyl groups excluding tert-OH is 3. The van der Waals surface area contributed by atoms with Crippen LogP contribution < -0.4 is 0 Å². The highest BCUT2D eigenvalue weighted by molar-refractivity contribution is 5.81. The summed E-state index contributed by atoms with van der Waals surface area (Å²) in [6.45, 7) is -0.120. The highest BCUT2D eigenvalue weighted by Crippen LogP contribution is 2.12. The number of hydrogen-bond acceptors (Lipinski definition) is 4. The van der Waals surface area contributed by atoms with Gasteiger partial charge >= 0.3 is 0 Å². The van der Waals surface area contributed by atoms with E-state index in [-0.39, 0.29) is 13.2 Å². The summed E-state index contributed by atoms with van der Waals surface area (Å²) in [6, 6.07) is 16.7. The minimum absolute atomic E-state index is 0.117. The Labute approximate surface area is 111 Å². The zero-order valence-electron chi connectivity index (χ0n) is 10.5. The standard InChI is InChI=1S/C10H8.C5H10O4/c1-2-6-10-8-4-3-7-9(10)5-1;6-1-4-5(8)3(7)2-9-4/h1-8H;3-8H,1-2H2/t;3-,4+,5-/m.0/s1. The van der Waals surface area contributed by atoms with Crippen molar-refractivity contribution < 1.29 is 20.1 Å². The molecule has 2 aromatic rings. The largest absolute Gasteiger partial charge is 0.394 e. The SMILES string of the molecule is OC[C@H]1OC[C@H](O)[C@@H]1O.c1ccc2ccccc2c1. The van der Waals surface area contributed by atoms with Crippen molar-refractivity contribution in [3.05, 3.63) is 48.5 Å². The zero-order valence-corrected chi connectivity index (χ0v) is 10.5. The van der Waals surface area contributed by atoms with E-state index in [1.807, 2.05) is 0 Å². The van der Waals surface area contributed by atoms with E-state index in [4.69, 9.17) is 20.1 Å². The van der Waals surface area contributed by atoms with Crippen LogP contribution >= 0.6 is 0 Å². The predicted octanol–water partition coefficient (Wildman–Crippen LogP) is 0.939. The quantitative estimate of drug-likeness (QED) is 0.715. The Morgan fingerprint density at radius 1 is 0.947 bits per heavy atom. The summed E-state index contributed by atoms with van der Waals surface area (Å²) >= 11 is 0. The van der Waals surface area contributed by atoms with Gasteiger partial charge in [0.05, 0.1) is 13.2 Å². The Balaban J connectivity index is 0.000000141. The lowest BCUT2D eigenvalue weighted by atomic mass is 10.1. The van der Waals surface area contributed by atoms with Crippen LogP contribution in [0, 0.1) is 0 Å². The molecule has 0 amide bonds. The fraction of sp³-hybridized carbons (Fsp3) is 0.333. The minimum Gasteiger partial charge on any atom is -0.394 e. The molecule has 1 heterocycles. The van der Waals surface area contributed by atoms with Gasteiger partial charge < -0.3 is 20.1 Å². The predicted molar refractivity (Wildman–Crippen MR) is 72.8 cm³/mol. The van der Waals surface area contributed by atoms with Crippen LogP contribution in [0.25, 0.3) is 10.8 Å². The number of rotatable bonds is 1. The maximum Gasteiger partial charge on any atom is 0.110 e. The van der Waals surface area contributed by atoms with E-state index in [1.165, 1.54) is 10.8 Å². The summed E-state index contributed by atoms with van der Waals surface area (Å²) < 4.78 is 4.78. The molecule has 0 bridgehead atoms. The van der Waals surface area contributed by atoms with Crippen molar-refractivity contribution in [1.29, 1.82) is 0 Å². The van der Waals surface area contributed by atoms with Crippen molar-refractivity contribution in [2.24, 2.45) is 0 Å². The lowest BCUT2D eigenvalue weighted by Crippen LogP contribution is -2.31. The van der Waals surface area contributed by atoms with E-state index in [0.717, 1.165) is 0 Å². The molecule has 1 aliphatic rings. The van der Waals surface area contributed by atoms with Gasteiger partial charge in [-0.3, -0.25) is 0 Å². The number of benzene rings is 2. The lowest BCUT2D eigenvalue weighted by Gasteiger charge is -2.10. The average Bonchev–Trinajstić information content (AvgIpc) is 2.79. The summed E-state index contributed by atoms with van der Waals surface area (Å²) in [7, 11) is 0. The molecule has 3 N–H and O–H groups in total. The molecule has 19 heavy (non-hydrogen) atoms. The Bertz CT molecular complexity index is 449. The van der Waals surface area contributed by atoms with Gasteiger partial charge in [-0.1, -0.05) is 48.5 Å². The van der Waals surface area contributed by atoms with E-state index in [9.17, 15) is 0 Å². The van der Waals surface area contributed by atoms with Crippen molar-refractivity contribution in [2.75, 3.05) is 13.2 Å². The molecule has 0 aromatic heterocycles. The maximum absolute atomic E-state index is 8.92. The van der Waals surface area contributed by atoms with E-state index in [2.05, 4.69) is 48.5 Å². The van der Waals surface area contributed by atoms with Gasteiger partial charge in [-0.15, -0.1) is 0 Å². The summed E-state index contributed by atoms with van der Waals surface area (Å²) in [6.07, 6.45) is -2.35. The van der Waals surface area contributed by atoms with Crippen molar-refractivity contribution in [1.82, 2.24) is 0 Å². The fourth-order valence-corrected chi connectivity index (χ4v) is 1.96. The normalized spacial score (nSPS) is 25.9. The summed E-state index contributed by atoms with van der Waals surface area (Å²) in [5, 5.41) is 28.8. The number of ether oxygens (including phenoxy) is 1. The van der Waals surface area contributed by atoms with Gasteiger partial charge in [-0.2, -0.15) is 0 Å². The van der Waals surface area contributed by atoms with Crippen LogP contribution in [0.2, 0.25) is 0 Å². The second-order valence-electron chi connectivity index (χ2n) is 4.46. The number of hydrogen-bond donors (Lipinski definition) is 3.